The average Bonchev–Trinajstić information content (AvgIpc) is 1.41. The second kappa shape index (κ2) is 10.2. The van der Waals surface area contributed by atoms with Gasteiger partial charge in [0.25, 0.3) is 0 Å². The molecule has 0 atom stereocenters. The van der Waals surface area contributed by atoms with Gasteiger partial charge in [0.05, 0.1) is 0 Å². The minimum absolute atomic E-state index is 0.438. The molecule has 0 aliphatic heterocycles. The third kappa shape index (κ3) is 35.0. The molecule has 3 nitrogen and oxygen atoms in total. The van der Waals surface area contributed by atoms with E-state index in [1.807, 2.05) is 0 Å². The summed E-state index contributed by atoms with van der Waals surface area (Å²) in [5.74, 6) is 0. The maximum atomic E-state index is 9.69. The zero-order valence-electron chi connectivity index (χ0n) is 3.18. The van der Waals surface area contributed by atoms with Crippen molar-refractivity contribution >= 4 is 49.9 Å². The van der Waals surface area contributed by atoms with Gasteiger partial charge in [-0.15, -0.1) is 0 Å². The normalized spacial score (nSPS) is 5.50. The van der Waals surface area contributed by atoms with Gasteiger partial charge < -0.3 is 0 Å². The molecule has 0 saturated heterocycles. The van der Waals surface area contributed by atoms with Crippen molar-refractivity contribution in [3.05, 3.63) is 0 Å². The first kappa shape index (κ1) is 11.0. The summed E-state index contributed by atoms with van der Waals surface area (Å²) in [6.45, 7) is 0. The predicted octanol–water partition coefficient (Wildman–Crippen LogP) is -1.20. The molecule has 6 heavy (non-hydrogen) atoms. The first-order valence-electron chi connectivity index (χ1n) is 1.03. The molecule has 0 fully saturated rings. The molecular formula is H2FKO3Zr. The van der Waals surface area contributed by atoms with E-state index in [1.54, 1.807) is 0 Å². The van der Waals surface area contributed by atoms with E-state index in [4.69, 9.17) is 9.18 Å². The summed E-state index contributed by atoms with van der Waals surface area (Å²) in [4.78, 5) is 0. The molecule has 2 N–H and O–H groups in total. The summed E-state index contributed by atoms with van der Waals surface area (Å²) in [7, 11) is 0. The Morgan fingerprint density at radius 1 is 1.50 bits per heavy atom. The Morgan fingerprint density at radius 2 is 1.50 bits per heavy atom. The molecule has 0 aromatic rings. The second-order valence-electron chi connectivity index (χ2n) is 0.283. The molecule has 0 aliphatic carbocycles. The van der Waals surface area contributed by atoms with Gasteiger partial charge in [0.1, 0.15) is 0 Å². The van der Waals surface area contributed by atoms with Crippen molar-refractivity contribution < 1.29 is 31.6 Å². The zero-order valence-corrected chi connectivity index (χ0v) is 8.76. The Kier molecular flexibility index (Phi) is 18.8. The summed E-state index contributed by atoms with van der Waals surface area (Å²) in [6, 6.07) is 0. The van der Waals surface area contributed by atoms with Crippen LogP contribution in [0.3, 0.4) is 0 Å². The summed E-state index contributed by atoms with van der Waals surface area (Å²) in [6.07, 6.45) is 0. The van der Waals surface area contributed by atoms with E-state index >= 15 is 0 Å². The van der Waals surface area contributed by atoms with Crippen LogP contribution in [0, 0.1) is 0 Å². The number of hydrogen-bond donors (Lipinski definition) is 2. The first-order valence-corrected chi connectivity index (χ1v) is 5.41. The molecule has 0 radical (unpaired) electrons. The molecule has 0 amide bonds. The van der Waals surface area contributed by atoms with Crippen molar-refractivity contribution in [3.8, 4) is 0 Å². The van der Waals surface area contributed by atoms with Crippen molar-refractivity contribution in [1.29, 1.82) is 0 Å². The molecule has 0 aliphatic rings. The molecule has 0 heterocycles. The topological polar surface area (TPSA) is 57.5 Å². The van der Waals surface area contributed by atoms with Crippen LogP contribution in [0.2, 0.25) is 0 Å². The van der Waals surface area contributed by atoms with Crippen LogP contribution in [0.5, 0.6) is 0 Å². The third-order valence-corrected chi connectivity index (χ3v) is 0. The fourth-order valence-corrected chi connectivity index (χ4v) is 0. The maximum absolute atomic E-state index is 9.69. The van der Waals surface area contributed by atoms with Crippen molar-refractivity contribution in [1.82, 2.24) is 0 Å². The Bertz CT molecular complexity index is 33.8. The van der Waals surface area contributed by atoms with E-state index in [2.05, 4.69) is 0 Å². The summed E-state index contributed by atoms with van der Waals surface area (Å²) < 4.78 is 33.0. The van der Waals surface area contributed by atoms with E-state index in [0.717, 1.165) is 0 Å². The standard InChI is InChI=1S/FH.K.2H2O.O.Zr/h1H;;2*1H2;;/q;+1;;;;+2/p-3. The van der Waals surface area contributed by atoms with Crippen molar-refractivity contribution in [3.63, 3.8) is 0 Å². The Balaban J connectivity index is 0. The Hall–Kier alpha value is 2.17. The van der Waals surface area contributed by atoms with Gasteiger partial charge in [0.15, 0.2) is 0 Å². The molecule has 32 valence electrons. The van der Waals surface area contributed by atoms with E-state index in [1.165, 1.54) is 0 Å². The van der Waals surface area contributed by atoms with Gasteiger partial charge in [-0.05, 0) is 0 Å². The van der Waals surface area contributed by atoms with Gasteiger partial charge >= 0.3 is 81.5 Å². The summed E-state index contributed by atoms with van der Waals surface area (Å²) in [5.41, 5.74) is 0. The molecule has 0 aromatic heterocycles. The second-order valence-corrected chi connectivity index (χ2v) is 1.67. The average molecular weight is 199 g/mol. The van der Waals surface area contributed by atoms with Gasteiger partial charge in [0.2, 0.25) is 0 Å². The molecule has 0 spiro atoms. The molecule has 0 bridgehead atoms. The monoisotopic (exact) mass is 198 g/mol. The Morgan fingerprint density at radius 3 is 1.50 bits per heavy atom. The number of halogens is 1. The van der Waals surface area contributed by atoms with E-state index in [-0.39, 0.29) is 0 Å². The van der Waals surface area contributed by atoms with Crippen LogP contribution < -0.4 is 0 Å². The molecule has 0 saturated carbocycles. The fraction of sp³-hybridized carbons (Fsp3) is 0. The van der Waals surface area contributed by atoms with E-state index in [0.29, 0.717) is 0 Å². The van der Waals surface area contributed by atoms with Crippen LogP contribution in [0.15, 0.2) is 0 Å². The molecular weight excluding hydrogens is 197 g/mol. The van der Waals surface area contributed by atoms with Gasteiger partial charge in [-0.1, -0.05) is 0 Å². The molecule has 6 heteroatoms. The summed E-state index contributed by atoms with van der Waals surface area (Å²) in [5, 5.41) is 0. The van der Waals surface area contributed by atoms with Crippen LogP contribution in [-0.4, -0.2) is 56.3 Å². The van der Waals surface area contributed by atoms with Gasteiger partial charge in [-0.3, -0.25) is 0 Å². The van der Waals surface area contributed by atoms with Gasteiger partial charge in [0, 0.05) is 0 Å². The van der Waals surface area contributed by atoms with Crippen LogP contribution in [-0.2, 0) is 25.4 Å². The van der Waals surface area contributed by atoms with Crippen molar-refractivity contribution in [2.45, 2.75) is 0 Å². The van der Waals surface area contributed by atoms with Crippen molar-refractivity contribution in [2.75, 3.05) is 0 Å². The summed E-state index contributed by atoms with van der Waals surface area (Å²) >= 11 is -4.23. The number of hydrogen-bond acceptors (Lipinski definition) is 1. The van der Waals surface area contributed by atoms with Crippen LogP contribution in [0.4, 0.5) is -0.211 Å². The predicted molar refractivity (Wildman–Crippen MR) is 12.0 cm³/mol. The Labute approximate surface area is 79.5 Å². The van der Waals surface area contributed by atoms with E-state index < -0.39 is 72.5 Å². The molecule has 0 unspecified atom stereocenters. The zero-order chi connectivity index (χ0) is 5.58. The molecule has 0 rings (SSSR count). The van der Waals surface area contributed by atoms with Gasteiger partial charge in [-0.25, -0.2) is 0 Å². The van der Waals surface area contributed by atoms with Gasteiger partial charge in [-0.2, -0.15) is 0 Å². The number of rotatable bonds is 0. The SMILES string of the molecule is [F][K].[O]=[Zr]([OH])[OH]. The minimum atomic E-state index is -3.79. The first-order chi connectivity index (χ1) is 2.73. The molecule has 0 aromatic carbocycles. The van der Waals surface area contributed by atoms with E-state index in [9.17, 15) is -0.211 Å². The van der Waals surface area contributed by atoms with Crippen LogP contribution >= 0.6 is 0 Å². The quantitative estimate of drug-likeness (QED) is 0.482. The third-order valence-electron chi connectivity index (χ3n) is 0. The van der Waals surface area contributed by atoms with Crippen LogP contribution in [0.1, 0.15) is 0 Å². The van der Waals surface area contributed by atoms with Crippen molar-refractivity contribution in [2.24, 2.45) is 0 Å². The van der Waals surface area contributed by atoms with Crippen LogP contribution in [0.25, 0.3) is 0 Å². The fourth-order valence-electron chi connectivity index (χ4n) is 0.